The van der Waals surface area contributed by atoms with E-state index in [1.165, 1.54) is 0 Å². The van der Waals surface area contributed by atoms with Gasteiger partial charge in [0.05, 0.1) is 11.2 Å². The van der Waals surface area contributed by atoms with Crippen molar-refractivity contribution in [3.63, 3.8) is 0 Å². The zero-order chi connectivity index (χ0) is 12.8. The number of para-hydroxylation sites is 1. The van der Waals surface area contributed by atoms with Gasteiger partial charge in [-0.1, -0.05) is 24.3 Å². The van der Waals surface area contributed by atoms with E-state index in [9.17, 15) is 4.79 Å². The number of aromatic nitrogens is 1. The number of hydrogen-bond acceptors (Lipinski definition) is 4. The molecule has 18 heavy (non-hydrogen) atoms. The molecule has 2 aromatic rings. The second kappa shape index (κ2) is 5.97. The number of hydrogen-bond donors (Lipinski definition) is 2. The number of rotatable bonds is 5. The van der Waals surface area contributed by atoms with Crippen molar-refractivity contribution in [2.24, 2.45) is 5.73 Å². The topological polar surface area (TPSA) is 77.2 Å². The molecule has 0 aliphatic heterocycles. The fourth-order valence-corrected chi connectivity index (χ4v) is 1.65. The Morgan fingerprint density at radius 1 is 1.28 bits per heavy atom. The summed E-state index contributed by atoms with van der Waals surface area (Å²) < 4.78 is 4.61. The van der Waals surface area contributed by atoms with Crippen LogP contribution in [0, 0.1) is 0 Å². The molecule has 0 aliphatic rings. The Hall–Kier alpha value is -2.14. The molecule has 0 aliphatic carbocycles. The number of nitrogens with zero attached hydrogens (tertiary/aromatic N) is 1. The summed E-state index contributed by atoms with van der Waals surface area (Å²) in [4.78, 5) is 14.9. The van der Waals surface area contributed by atoms with Crippen LogP contribution in [0.5, 0.6) is 0 Å². The molecule has 3 N–H and O–H groups in total. The van der Waals surface area contributed by atoms with Gasteiger partial charge in [-0.25, -0.2) is 4.79 Å². The van der Waals surface area contributed by atoms with Crippen LogP contribution in [-0.2, 0) is 11.3 Å². The zero-order valence-corrected chi connectivity index (χ0v) is 9.93. The van der Waals surface area contributed by atoms with Gasteiger partial charge < -0.3 is 15.8 Å². The highest BCUT2D eigenvalue weighted by Gasteiger charge is 1.98. The third kappa shape index (κ3) is 3.43. The lowest BCUT2D eigenvalue weighted by Gasteiger charge is -2.05. The maximum atomic E-state index is 10.3. The molecule has 0 spiro atoms. The second-order valence-corrected chi connectivity index (χ2v) is 3.84. The maximum Gasteiger partial charge on any atom is 0.404 e. The standard InChI is InChI=1S/C13H15N3O2/c14-13(17)18-8-7-15-9-11-6-5-10-3-1-2-4-12(10)16-11/h1-6,15H,7-9H2,(H2,14,17). The molecule has 5 nitrogen and oxygen atoms in total. The van der Waals surface area contributed by atoms with Crippen molar-refractivity contribution < 1.29 is 9.53 Å². The number of amides is 1. The number of fused-ring (bicyclic) bond motifs is 1. The molecule has 0 bridgehead atoms. The molecule has 0 radical (unpaired) electrons. The minimum Gasteiger partial charge on any atom is -0.448 e. The number of primary amides is 1. The van der Waals surface area contributed by atoms with E-state index in [4.69, 9.17) is 5.73 Å². The van der Waals surface area contributed by atoms with Crippen LogP contribution in [0.2, 0.25) is 0 Å². The first-order chi connectivity index (χ1) is 8.75. The molecule has 1 amide bonds. The molecule has 1 aromatic carbocycles. The van der Waals surface area contributed by atoms with Gasteiger partial charge in [0.25, 0.3) is 0 Å². The zero-order valence-electron chi connectivity index (χ0n) is 9.93. The molecule has 2 rings (SSSR count). The van der Waals surface area contributed by atoms with Crippen molar-refractivity contribution in [2.45, 2.75) is 6.54 Å². The molecular weight excluding hydrogens is 230 g/mol. The van der Waals surface area contributed by atoms with Gasteiger partial charge in [-0.05, 0) is 12.1 Å². The summed E-state index contributed by atoms with van der Waals surface area (Å²) in [6, 6.07) is 12.0. The first kappa shape index (κ1) is 12.3. The first-order valence-corrected chi connectivity index (χ1v) is 5.73. The van der Waals surface area contributed by atoms with E-state index >= 15 is 0 Å². The first-order valence-electron chi connectivity index (χ1n) is 5.73. The van der Waals surface area contributed by atoms with Crippen LogP contribution in [0.25, 0.3) is 10.9 Å². The minimum absolute atomic E-state index is 0.267. The van der Waals surface area contributed by atoms with E-state index in [0.29, 0.717) is 13.1 Å². The Bertz CT molecular complexity index is 543. The molecule has 94 valence electrons. The largest absolute Gasteiger partial charge is 0.448 e. The average Bonchev–Trinajstić information content (AvgIpc) is 2.38. The summed E-state index contributed by atoms with van der Waals surface area (Å²) in [5.41, 5.74) is 6.78. The van der Waals surface area contributed by atoms with E-state index in [1.807, 2.05) is 36.4 Å². The van der Waals surface area contributed by atoms with Crippen molar-refractivity contribution in [3.05, 3.63) is 42.1 Å². The summed E-state index contributed by atoms with van der Waals surface area (Å²) in [6.45, 7) is 1.45. The summed E-state index contributed by atoms with van der Waals surface area (Å²) >= 11 is 0. The molecule has 0 unspecified atom stereocenters. The number of nitrogens with one attached hydrogen (secondary N) is 1. The molecule has 0 fully saturated rings. The summed E-state index contributed by atoms with van der Waals surface area (Å²) in [7, 11) is 0. The van der Waals surface area contributed by atoms with E-state index in [1.54, 1.807) is 0 Å². The summed E-state index contributed by atoms with van der Waals surface area (Å²) in [5, 5.41) is 4.25. The Kier molecular flexibility index (Phi) is 4.09. The van der Waals surface area contributed by atoms with Gasteiger partial charge >= 0.3 is 6.09 Å². The average molecular weight is 245 g/mol. The summed E-state index contributed by atoms with van der Waals surface area (Å²) in [6.07, 6.45) is -0.749. The van der Waals surface area contributed by atoms with E-state index in [-0.39, 0.29) is 6.61 Å². The number of ether oxygens (including phenoxy) is 1. The highest BCUT2D eigenvalue weighted by atomic mass is 16.5. The molecular formula is C13H15N3O2. The number of nitrogens with two attached hydrogens (primary N) is 1. The number of carbonyl (C=O) groups excluding carboxylic acids is 1. The van der Waals surface area contributed by atoms with Crippen LogP contribution >= 0.6 is 0 Å². The predicted molar refractivity (Wildman–Crippen MR) is 69.0 cm³/mol. The van der Waals surface area contributed by atoms with Crippen molar-refractivity contribution in [2.75, 3.05) is 13.2 Å². The van der Waals surface area contributed by atoms with Crippen molar-refractivity contribution in [3.8, 4) is 0 Å². The van der Waals surface area contributed by atoms with Gasteiger partial charge in [-0.2, -0.15) is 0 Å². The lowest BCUT2D eigenvalue weighted by atomic mass is 10.2. The lowest BCUT2D eigenvalue weighted by molar-refractivity contribution is 0.157. The van der Waals surface area contributed by atoms with Gasteiger partial charge in [0.15, 0.2) is 0 Å². The van der Waals surface area contributed by atoms with E-state index in [0.717, 1.165) is 16.6 Å². The predicted octanol–water partition coefficient (Wildman–Crippen LogP) is 1.42. The SMILES string of the molecule is NC(=O)OCCNCc1ccc2ccccc2n1. The Morgan fingerprint density at radius 2 is 2.11 bits per heavy atom. The third-order valence-corrected chi connectivity index (χ3v) is 2.49. The van der Waals surface area contributed by atoms with E-state index < -0.39 is 6.09 Å². The van der Waals surface area contributed by atoms with Crippen molar-refractivity contribution in [1.82, 2.24) is 10.3 Å². The molecule has 0 saturated heterocycles. The van der Waals surface area contributed by atoms with Gasteiger partial charge in [0.2, 0.25) is 0 Å². The number of carbonyl (C=O) groups is 1. The number of pyridine rings is 1. The molecule has 1 heterocycles. The Labute approximate surface area is 105 Å². The van der Waals surface area contributed by atoms with Crippen molar-refractivity contribution in [1.29, 1.82) is 0 Å². The fraction of sp³-hybridized carbons (Fsp3) is 0.231. The minimum atomic E-state index is -0.749. The Morgan fingerprint density at radius 3 is 2.94 bits per heavy atom. The van der Waals surface area contributed by atoms with Crippen LogP contribution in [-0.4, -0.2) is 24.2 Å². The van der Waals surface area contributed by atoms with Crippen molar-refractivity contribution >= 4 is 17.0 Å². The summed E-state index contributed by atoms with van der Waals surface area (Å²) in [5.74, 6) is 0. The molecule has 0 saturated carbocycles. The Balaban J connectivity index is 1.86. The second-order valence-electron chi connectivity index (χ2n) is 3.84. The van der Waals surface area contributed by atoms with Gasteiger partial charge in [0, 0.05) is 18.5 Å². The van der Waals surface area contributed by atoms with Crippen LogP contribution in [0.1, 0.15) is 5.69 Å². The molecule has 5 heteroatoms. The monoisotopic (exact) mass is 245 g/mol. The molecule has 0 atom stereocenters. The van der Waals surface area contributed by atoms with Crippen LogP contribution < -0.4 is 11.1 Å². The number of benzene rings is 1. The lowest BCUT2D eigenvalue weighted by Crippen LogP contribution is -2.23. The highest BCUT2D eigenvalue weighted by Crippen LogP contribution is 2.11. The van der Waals surface area contributed by atoms with Crippen LogP contribution in [0.4, 0.5) is 4.79 Å². The molecule has 1 aromatic heterocycles. The third-order valence-electron chi connectivity index (χ3n) is 2.49. The van der Waals surface area contributed by atoms with Gasteiger partial charge in [-0.15, -0.1) is 0 Å². The van der Waals surface area contributed by atoms with Crippen LogP contribution in [0.15, 0.2) is 36.4 Å². The maximum absolute atomic E-state index is 10.3. The normalized spacial score (nSPS) is 10.4. The van der Waals surface area contributed by atoms with Gasteiger partial charge in [-0.3, -0.25) is 4.98 Å². The highest BCUT2D eigenvalue weighted by molar-refractivity contribution is 5.78. The quantitative estimate of drug-likeness (QED) is 0.781. The van der Waals surface area contributed by atoms with Crippen LogP contribution in [0.3, 0.4) is 0 Å². The van der Waals surface area contributed by atoms with E-state index in [2.05, 4.69) is 15.0 Å². The van der Waals surface area contributed by atoms with Gasteiger partial charge in [0.1, 0.15) is 6.61 Å². The fourth-order valence-electron chi connectivity index (χ4n) is 1.65. The smallest absolute Gasteiger partial charge is 0.404 e.